The van der Waals surface area contributed by atoms with Gasteiger partial charge in [-0.25, -0.2) is 4.79 Å². The first-order valence-electron chi connectivity index (χ1n) is 9.02. The molecule has 7 heteroatoms. The molecule has 0 fully saturated rings. The van der Waals surface area contributed by atoms with E-state index in [-0.39, 0.29) is 18.2 Å². The first kappa shape index (κ1) is 20.5. The Labute approximate surface area is 158 Å². The number of hydrogen-bond donors (Lipinski definition) is 3. The number of ether oxygens (including phenoxy) is 1. The molecule has 0 radical (unpaired) electrons. The number of methoxy groups -OCH3 is 1. The van der Waals surface area contributed by atoms with Crippen molar-refractivity contribution in [1.29, 1.82) is 0 Å². The lowest BCUT2D eigenvalue weighted by molar-refractivity contribution is -0.145. The van der Waals surface area contributed by atoms with Gasteiger partial charge >= 0.3 is 5.97 Å². The Morgan fingerprint density at radius 2 is 1.81 bits per heavy atom. The number of aromatic nitrogens is 1. The highest BCUT2D eigenvalue weighted by Crippen LogP contribution is 2.19. The molecule has 2 rings (SSSR count). The fourth-order valence-electron chi connectivity index (χ4n) is 3.08. The summed E-state index contributed by atoms with van der Waals surface area (Å²) in [4.78, 5) is 39.5. The smallest absolute Gasteiger partial charge is 0.328 e. The Kier molecular flexibility index (Phi) is 6.98. The van der Waals surface area contributed by atoms with Crippen molar-refractivity contribution in [3.63, 3.8) is 0 Å². The normalized spacial score (nSPS) is 13.2. The number of carbonyl (C=O) groups excluding carboxylic acids is 3. The van der Waals surface area contributed by atoms with Gasteiger partial charge in [-0.05, 0) is 24.0 Å². The van der Waals surface area contributed by atoms with E-state index in [0.29, 0.717) is 6.42 Å². The molecule has 0 saturated heterocycles. The molecule has 2 atom stereocenters. The first-order chi connectivity index (χ1) is 12.8. The summed E-state index contributed by atoms with van der Waals surface area (Å²) in [7, 11) is 1.29. The standard InChI is InChI=1S/C20H27N3O4/c1-12(2)9-17(22-13(3)24)19(25)23-18(20(26)27-4)10-14-11-21-16-8-6-5-7-15(14)16/h5-8,11-12,17-18,21H,9-10H2,1-4H3,(H,22,24)(H,23,25)/t17-,18-/m0/s1. The number of rotatable bonds is 8. The maximum atomic E-state index is 12.7. The van der Waals surface area contributed by atoms with Crippen LogP contribution in [0.15, 0.2) is 30.5 Å². The molecule has 7 nitrogen and oxygen atoms in total. The Bertz CT molecular complexity index is 812. The van der Waals surface area contributed by atoms with E-state index in [2.05, 4.69) is 15.6 Å². The van der Waals surface area contributed by atoms with Crippen molar-refractivity contribution < 1.29 is 19.1 Å². The van der Waals surface area contributed by atoms with Crippen molar-refractivity contribution in [3.8, 4) is 0 Å². The summed E-state index contributed by atoms with van der Waals surface area (Å²) in [6.07, 6.45) is 2.59. The van der Waals surface area contributed by atoms with Gasteiger partial charge in [0, 0.05) is 30.4 Å². The highest BCUT2D eigenvalue weighted by atomic mass is 16.5. The predicted molar refractivity (Wildman–Crippen MR) is 103 cm³/mol. The van der Waals surface area contributed by atoms with Crippen molar-refractivity contribution >= 4 is 28.7 Å². The zero-order chi connectivity index (χ0) is 20.0. The molecule has 0 saturated carbocycles. The van der Waals surface area contributed by atoms with Gasteiger partial charge in [0.25, 0.3) is 0 Å². The number of aromatic amines is 1. The summed E-state index contributed by atoms with van der Waals surface area (Å²) in [6.45, 7) is 5.29. The Morgan fingerprint density at radius 1 is 1.11 bits per heavy atom. The second kappa shape index (κ2) is 9.21. The van der Waals surface area contributed by atoms with Crippen LogP contribution in [0, 0.1) is 5.92 Å². The quantitative estimate of drug-likeness (QED) is 0.616. The lowest BCUT2D eigenvalue weighted by Gasteiger charge is -2.23. The molecule has 0 aliphatic heterocycles. The lowest BCUT2D eigenvalue weighted by atomic mass is 10.0. The van der Waals surface area contributed by atoms with Crippen LogP contribution in [-0.2, 0) is 25.5 Å². The van der Waals surface area contributed by atoms with Gasteiger partial charge in [0.15, 0.2) is 0 Å². The van der Waals surface area contributed by atoms with Gasteiger partial charge in [0.1, 0.15) is 12.1 Å². The topological polar surface area (TPSA) is 100 Å². The van der Waals surface area contributed by atoms with Crippen LogP contribution in [-0.4, -0.2) is 42.0 Å². The van der Waals surface area contributed by atoms with Crippen LogP contribution in [0.4, 0.5) is 0 Å². The summed E-state index contributed by atoms with van der Waals surface area (Å²) in [5, 5.41) is 6.38. The summed E-state index contributed by atoms with van der Waals surface area (Å²) in [5.41, 5.74) is 1.86. The minimum atomic E-state index is -0.842. The molecular weight excluding hydrogens is 346 g/mol. The molecule has 2 aromatic rings. The van der Waals surface area contributed by atoms with Crippen LogP contribution in [0.3, 0.4) is 0 Å². The largest absolute Gasteiger partial charge is 0.467 e. The number of para-hydroxylation sites is 1. The van der Waals surface area contributed by atoms with Gasteiger partial charge in [-0.15, -0.1) is 0 Å². The first-order valence-corrected chi connectivity index (χ1v) is 9.02. The van der Waals surface area contributed by atoms with Gasteiger partial charge < -0.3 is 20.4 Å². The van der Waals surface area contributed by atoms with Crippen LogP contribution in [0.5, 0.6) is 0 Å². The number of esters is 1. The maximum Gasteiger partial charge on any atom is 0.328 e. The zero-order valence-electron chi connectivity index (χ0n) is 16.2. The summed E-state index contributed by atoms with van der Waals surface area (Å²) >= 11 is 0. The Morgan fingerprint density at radius 3 is 2.44 bits per heavy atom. The van der Waals surface area contributed by atoms with E-state index in [0.717, 1.165) is 16.5 Å². The van der Waals surface area contributed by atoms with E-state index in [1.54, 1.807) is 0 Å². The molecule has 27 heavy (non-hydrogen) atoms. The van der Waals surface area contributed by atoms with Crippen molar-refractivity contribution in [1.82, 2.24) is 15.6 Å². The van der Waals surface area contributed by atoms with Crippen molar-refractivity contribution in [2.75, 3.05) is 7.11 Å². The van der Waals surface area contributed by atoms with E-state index >= 15 is 0 Å². The minimum Gasteiger partial charge on any atom is -0.467 e. The minimum absolute atomic E-state index is 0.206. The van der Waals surface area contributed by atoms with Crippen molar-refractivity contribution in [2.45, 2.75) is 45.7 Å². The predicted octanol–water partition coefficient (Wildman–Crippen LogP) is 1.92. The maximum absolute atomic E-state index is 12.7. The third-order valence-corrected chi connectivity index (χ3v) is 4.30. The fraction of sp³-hybridized carbons (Fsp3) is 0.450. The van der Waals surface area contributed by atoms with Crippen LogP contribution in [0.1, 0.15) is 32.8 Å². The monoisotopic (exact) mass is 373 g/mol. The third kappa shape index (κ3) is 5.57. The van der Waals surface area contributed by atoms with Crippen LogP contribution >= 0.6 is 0 Å². The number of fused-ring (bicyclic) bond motifs is 1. The molecule has 146 valence electrons. The number of carbonyl (C=O) groups is 3. The molecule has 0 aliphatic rings. The fourth-order valence-corrected chi connectivity index (χ4v) is 3.08. The van der Waals surface area contributed by atoms with E-state index in [1.165, 1.54) is 14.0 Å². The summed E-state index contributed by atoms with van der Waals surface area (Å²) < 4.78 is 4.86. The van der Waals surface area contributed by atoms with Gasteiger partial charge in [-0.1, -0.05) is 32.0 Å². The van der Waals surface area contributed by atoms with Gasteiger partial charge in [0.05, 0.1) is 7.11 Å². The second-order valence-electron chi connectivity index (χ2n) is 7.03. The van der Waals surface area contributed by atoms with E-state index in [4.69, 9.17) is 4.74 Å². The van der Waals surface area contributed by atoms with Gasteiger partial charge in [0.2, 0.25) is 11.8 Å². The van der Waals surface area contributed by atoms with Crippen LogP contribution in [0.2, 0.25) is 0 Å². The van der Waals surface area contributed by atoms with Crippen LogP contribution < -0.4 is 10.6 Å². The highest BCUT2D eigenvalue weighted by Gasteiger charge is 2.28. The SMILES string of the molecule is COC(=O)[C@H](Cc1c[nH]c2ccccc12)NC(=O)[C@H](CC(C)C)NC(C)=O. The molecule has 0 bridgehead atoms. The van der Waals surface area contributed by atoms with E-state index in [9.17, 15) is 14.4 Å². The third-order valence-electron chi connectivity index (χ3n) is 4.30. The van der Waals surface area contributed by atoms with E-state index in [1.807, 2.05) is 44.3 Å². The molecule has 1 aromatic heterocycles. The second-order valence-corrected chi connectivity index (χ2v) is 7.03. The molecular formula is C20H27N3O4. The Hall–Kier alpha value is -2.83. The average Bonchev–Trinajstić information content (AvgIpc) is 3.02. The average molecular weight is 373 g/mol. The molecule has 1 aromatic carbocycles. The molecule has 0 spiro atoms. The number of H-pyrrole nitrogens is 1. The van der Waals surface area contributed by atoms with Crippen molar-refractivity contribution in [2.24, 2.45) is 5.92 Å². The molecule has 1 heterocycles. The van der Waals surface area contributed by atoms with Gasteiger partial charge in [-0.3, -0.25) is 9.59 Å². The molecule has 0 unspecified atom stereocenters. The van der Waals surface area contributed by atoms with E-state index < -0.39 is 24.0 Å². The number of hydrogen-bond acceptors (Lipinski definition) is 4. The highest BCUT2D eigenvalue weighted by molar-refractivity contribution is 5.91. The number of nitrogens with one attached hydrogen (secondary N) is 3. The molecule has 2 amide bonds. The van der Waals surface area contributed by atoms with Crippen LogP contribution in [0.25, 0.3) is 10.9 Å². The Balaban J connectivity index is 2.19. The summed E-state index contributed by atoms with van der Waals surface area (Å²) in [6, 6.07) is 6.20. The summed E-state index contributed by atoms with van der Waals surface area (Å²) in [5.74, 6) is -1.01. The van der Waals surface area contributed by atoms with Gasteiger partial charge in [-0.2, -0.15) is 0 Å². The number of benzene rings is 1. The number of amides is 2. The molecule has 0 aliphatic carbocycles. The van der Waals surface area contributed by atoms with Crippen molar-refractivity contribution in [3.05, 3.63) is 36.0 Å². The zero-order valence-corrected chi connectivity index (χ0v) is 16.2. The lowest BCUT2D eigenvalue weighted by Crippen LogP contribution is -2.52. The molecule has 3 N–H and O–H groups in total.